The fourth-order valence-electron chi connectivity index (χ4n) is 2.73. The van der Waals surface area contributed by atoms with Crippen LogP contribution in [-0.2, 0) is 5.75 Å². The SMILES string of the molecule is CC1CN(C(=O)c2ccccc2SCc2occc2C(=O)O)CCS1. The summed E-state index contributed by atoms with van der Waals surface area (Å²) >= 11 is 3.30. The molecule has 1 aliphatic rings. The largest absolute Gasteiger partial charge is 0.478 e. The number of benzene rings is 1. The van der Waals surface area contributed by atoms with Gasteiger partial charge in [-0.1, -0.05) is 19.1 Å². The Hall–Kier alpha value is -1.86. The van der Waals surface area contributed by atoms with Gasteiger partial charge in [-0.25, -0.2) is 4.79 Å². The molecule has 1 N–H and O–H groups in total. The standard InChI is InChI=1S/C18H19NO4S2/c1-12-10-19(7-9-24-12)17(20)14-4-2-3-5-16(14)25-11-15-13(18(21)22)6-8-23-15/h2-6,8,12H,7,9-11H2,1H3,(H,21,22). The number of thioether (sulfide) groups is 2. The Labute approximate surface area is 154 Å². The summed E-state index contributed by atoms with van der Waals surface area (Å²) < 4.78 is 5.28. The van der Waals surface area contributed by atoms with E-state index in [4.69, 9.17) is 9.52 Å². The van der Waals surface area contributed by atoms with E-state index in [0.717, 1.165) is 23.7 Å². The van der Waals surface area contributed by atoms with Gasteiger partial charge in [-0.15, -0.1) is 11.8 Å². The van der Waals surface area contributed by atoms with Crippen molar-refractivity contribution in [3.8, 4) is 0 Å². The second-order valence-electron chi connectivity index (χ2n) is 5.78. The molecule has 0 saturated carbocycles. The molecule has 1 aromatic heterocycles. The molecule has 7 heteroatoms. The predicted octanol–water partition coefficient (Wildman–Crippen LogP) is 3.85. The minimum absolute atomic E-state index is 0.0353. The number of hydrogen-bond acceptors (Lipinski definition) is 5. The number of carbonyl (C=O) groups is 2. The Balaban J connectivity index is 1.75. The van der Waals surface area contributed by atoms with Crippen molar-refractivity contribution in [2.24, 2.45) is 0 Å². The van der Waals surface area contributed by atoms with Gasteiger partial charge in [0.05, 0.1) is 17.6 Å². The first-order chi connectivity index (χ1) is 12.1. The maximum Gasteiger partial charge on any atom is 0.339 e. The maximum absolute atomic E-state index is 12.9. The van der Waals surface area contributed by atoms with Gasteiger partial charge < -0.3 is 14.4 Å². The van der Waals surface area contributed by atoms with Gasteiger partial charge in [-0.05, 0) is 18.2 Å². The van der Waals surface area contributed by atoms with E-state index >= 15 is 0 Å². The number of amides is 1. The average molecular weight is 377 g/mol. The van der Waals surface area contributed by atoms with Crippen molar-refractivity contribution < 1.29 is 19.1 Å². The zero-order chi connectivity index (χ0) is 17.8. The Morgan fingerprint density at radius 2 is 2.12 bits per heavy atom. The molecular weight excluding hydrogens is 358 g/mol. The quantitative estimate of drug-likeness (QED) is 0.798. The molecule has 1 saturated heterocycles. The van der Waals surface area contributed by atoms with Crippen LogP contribution in [0.15, 0.2) is 45.9 Å². The summed E-state index contributed by atoms with van der Waals surface area (Å²) in [4.78, 5) is 26.8. The molecule has 1 amide bonds. The van der Waals surface area contributed by atoms with Crippen molar-refractivity contribution >= 4 is 35.4 Å². The summed E-state index contributed by atoms with van der Waals surface area (Å²) in [5.74, 6) is 0.756. The molecule has 3 rings (SSSR count). The molecule has 1 atom stereocenters. The Morgan fingerprint density at radius 1 is 1.32 bits per heavy atom. The van der Waals surface area contributed by atoms with Crippen LogP contribution in [-0.4, -0.2) is 46.0 Å². The lowest BCUT2D eigenvalue weighted by molar-refractivity contribution is 0.0693. The fraction of sp³-hybridized carbons (Fsp3) is 0.333. The topological polar surface area (TPSA) is 70.8 Å². The van der Waals surface area contributed by atoms with Crippen LogP contribution < -0.4 is 0 Å². The summed E-state index contributed by atoms with van der Waals surface area (Å²) in [5.41, 5.74) is 0.827. The van der Waals surface area contributed by atoms with E-state index in [1.165, 1.54) is 24.1 Å². The van der Waals surface area contributed by atoms with Gasteiger partial charge in [0.25, 0.3) is 5.91 Å². The number of rotatable bonds is 5. The van der Waals surface area contributed by atoms with Crippen LogP contribution in [0.2, 0.25) is 0 Å². The van der Waals surface area contributed by atoms with Gasteiger partial charge in [0.1, 0.15) is 11.3 Å². The van der Waals surface area contributed by atoms with Crippen LogP contribution in [0.4, 0.5) is 0 Å². The highest BCUT2D eigenvalue weighted by molar-refractivity contribution is 8.00. The molecule has 1 unspecified atom stereocenters. The fourth-order valence-corrected chi connectivity index (χ4v) is 4.74. The molecule has 1 aliphatic heterocycles. The lowest BCUT2D eigenvalue weighted by Gasteiger charge is -2.31. The van der Waals surface area contributed by atoms with Gasteiger partial charge in [-0.2, -0.15) is 11.8 Å². The third-order valence-electron chi connectivity index (χ3n) is 3.98. The first-order valence-corrected chi connectivity index (χ1v) is 10.0. The van der Waals surface area contributed by atoms with Crippen molar-refractivity contribution in [1.29, 1.82) is 0 Å². The van der Waals surface area contributed by atoms with Crippen LogP contribution in [0.3, 0.4) is 0 Å². The van der Waals surface area contributed by atoms with Crippen LogP contribution in [0.25, 0.3) is 0 Å². The Bertz CT molecular complexity index is 774. The number of carboxylic acid groups (broad SMARTS) is 1. The number of carbonyl (C=O) groups excluding carboxylic acids is 1. The monoisotopic (exact) mass is 377 g/mol. The van der Waals surface area contributed by atoms with Gasteiger partial charge in [0.2, 0.25) is 0 Å². The van der Waals surface area contributed by atoms with Crippen LogP contribution in [0.1, 0.15) is 33.4 Å². The second-order valence-corrected chi connectivity index (χ2v) is 8.34. The van der Waals surface area contributed by atoms with E-state index in [1.54, 1.807) is 0 Å². The van der Waals surface area contributed by atoms with Crippen LogP contribution >= 0.6 is 23.5 Å². The smallest absolute Gasteiger partial charge is 0.339 e. The highest BCUT2D eigenvalue weighted by atomic mass is 32.2. The second kappa shape index (κ2) is 8.01. The van der Waals surface area contributed by atoms with Gasteiger partial charge in [0, 0.05) is 29.0 Å². The molecule has 0 radical (unpaired) electrons. The van der Waals surface area contributed by atoms with E-state index in [2.05, 4.69) is 6.92 Å². The number of aromatic carboxylic acids is 1. The predicted molar refractivity (Wildman–Crippen MR) is 99.5 cm³/mol. The van der Waals surface area contributed by atoms with Crippen LogP contribution in [0, 0.1) is 0 Å². The summed E-state index contributed by atoms with van der Waals surface area (Å²) in [7, 11) is 0. The minimum Gasteiger partial charge on any atom is -0.478 e. The Morgan fingerprint density at radius 3 is 2.88 bits per heavy atom. The van der Waals surface area contributed by atoms with E-state index in [-0.39, 0.29) is 11.5 Å². The molecular formula is C18H19NO4S2. The summed E-state index contributed by atoms with van der Waals surface area (Å²) in [6.07, 6.45) is 1.38. The number of nitrogens with zero attached hydrogens (tertiary/aromatic N) is 1. The van der Waals surface area contributed by atoms with Gasteiger partial charge in [0.15, 0.2) is 0 Å². The normalized spacial score (nSPS) is 17.5. The minimum atomic E-state index is -1.01. The Kier molecular flexibility index (Phi) is 5.75. The van der Waals surface area contributed by atoms with E-state index in [0.29, 0.717) is 22.3 Å². The van der Waals surface area contributed by atoms with Crippen molar-refractivity contribution in [1.82, 2.24) is 4.90 Å². The molecule has 25 heavy (non-hydrogen) atoms. The van der Waals surface area contributed by atoms with Gasteiger partial charge >= 0.3 is 5.97 Å². The molecule has 0 bridgehead atoms. The zero-order valence-electron chi connectivity index (χ0n) is 13.8. The van der Waals surface area contributed by atoms with E-state index in [9.17, 15) is 9.59 Å². The van der Waals surface area contributed by atoms with Crippen molar-refractivity contribution in [2.75, 3.05) is 18.8 Å². The van der Waals surface area contributed by atoms with Crippen molar-refractivity contribution in [3.63, 3.8) is 0 Å². The molecule has 2 heterocycles. The third kappa shape index (κ3) is 4.22. The first kappa shape index (κ1) is 17.9. The number of carboxylic acids is 1. The molecule has 0 spiro atoms. The molecule has 5 nitrogen and oxygen atoms in total. The summed E-state index contributed by atoms with van der Waals surface area (Å²) in [6.45, 7) is 3.65. The number of furan rings is 1. The highest BCUT2D eigenvalue weighted by Crippen LogP contribution is 2.29. The number of hydrogen-bond donors (Lipinski definition) is 1. The lowest BCUT2D eigenvalue weighted by Crippen LogP contribution is -2.41. The van der Waals surface area contributed by atoms with Gasteiger partial charge in [-0.3, -0.25) is 4.79 Å². The van der Waals surface area contributed by atoms with E-state index in [1.807, 2.05) is 40.9 Å². The third-order valence-corrected chi connectivity index (χ3v) is 6.19. The highest BCUT2D eigenvalue weighted by Gasteiger charge is 2.24. The first-order valence-electron chi connectivity index (χ1n) is 7.98. The molecule has 0 aliphatic carbocycles. The summed E-state index contributed by atoms with van der Waals surface area (Å²) in [6, 6.07) is 8.91. The molecule has 1 aromatic carbocycles. The molecule has 2 aromatic rings. The van der Waals surface area contributed by atoms with Crippen LogP contribution in [0.5, 0.6) is 0 Å². The zero-order valence-corrected chi connectivity index (χ0v) is 15.4. The van der Waals surface area contributed by atoms with Crippen molar-refractivity contribution in [3.05, 3.63) is 53.5 Å². The molecule has 132 valence electrons. The summed E-state index contributed by atoms with van der Waals surface area (Å²) in [5, 5.41) is 9.60. The lowest BCUT2D eigenvalue weighted by atomic mass is 10.2. The van der Waals surface area contributed by atoms with Crippen molar-refractivity contribution in [2.45, 2.75) is 22.8 Å². The molecule has 1 fully saturated rings. The maximum atomic E-state index is 12.9. The van der Waals surface area contributed by atoms with E-state index < -0.39 is 5.97 Å². The average Bonchev–Trinajstić information content (AvgIpc) is 3.08.